The normalized spacial score (nSPS) is 12.4. The Kier molecular flexibility index (Phi) is 9.67. The lowest BCUT2D eigenvalue weighted by atomic mass is 10.2. The molecule has 0 heterocycles. The highest BCUT2D eigenvalue weighted by atomic mass is 79.9. The Balaban J connectivity index is 2.09. The number of hydrogen-bond acceptors (Lipinski definition) is 4. The van der Waals surface area contributed by atoms with Gasteiger partial charge in [0.05, 0.1) is 25.9 Å². The number of rotatable bonds is 11. The summed E-state index contributed by atoms with van der Waals surface area (Å²) in [4.78, 5) is 0. The van der Waals surface area contributed by atoms with E-state index in [9.17, 15) is 5.11 Å². The van der Waals surface area contributed by atoms with Gasteiger partial charge in [-0.15, -0.1) is 0 Å². The van der Waals surface area contributed by atoms with Crippen LogP contribution in [-0.2, 0) is 9.47 Å². The van der Waals surface area contributed by atoms with Gasteiger partial charge in [0.15, 0.2) is 0 Å². The molecular weight excluding hydrogens is 334 g/mol. The predicted octanol–water partition coefficient (Wildman–Crippen LogP) is 3.36. The molecule has 0 bridgehead atoms. The monoisotopic (exact) mass is 359 g/mol. The Morgan fingerprint density at radius 1 is 1.24 bits per heavy atom. The molecule has 1 rings (SSSR count). The van der Waals surface area contributed by atoms with Gasteiger partial charge < -0.3 is 19.9 Å². The van der Waals surface area contributed by atoms with Crippen LogP contribution in [0, 0.1) is 6.92 Å². The number of aliphatic hydroxyl groups is 1. The fourth-order valence-electron chi connectivity index (χ4n) is 1.74. The van der Waals surface area contributed by atoms with Crippen LogP contribution >= 0.6 is 15.9 Å². The first-order valence-electron chi connectivity index (χ1n) is 7.47. The van der Waals surface area contributed by atoms with E-state index in [1.807, 2.05) is 25.1 Å². The molecule has 0 saturated carbocycles. The fraction of sp³-hybridized carbons (Fsp3) is 0.625. The zero-order valence-corrected chi connectivity index (χ0v) is 14.5. The van der Waals surface area contributed by atoms with Crippen LogP contribution in [0.25, 0.3) is 0 Å². The summed E-state index contributed by atoms with van der Waals surface area (Å²) >= 11 is 3.50. The van der Waals surface area contributed by atoms with Crippen molar-refractivity contribution in [1.82, 2.24) is 0 Å². The van der Waals surface area contributed by atoms with Crippen LogP contribution in [0.2, 0.25) is 0 Å². The quantitative estimate of drug-likeness (QED) is 0.594. The lowest BCUT2D eigenvalue weighted by molar-refractivity contribution is 0.00749. The molecule has 0 aliphatic heterocycles. The van der Waals surface area contributed by atoms with Crippen LogP contribution in [0.3, 0.4) is 0 Å². The average Bonchev–Trinajstić information content (AvgIpc) is 2.45. The summed E-state index contributed by atoms with van der Waals surface area (Å²) in [5, 5.41) is 13.1. The molecule has 0 fully saturated rings. The first kappa shape index (κ1) is 18.4. The highest BCUT2D eigenvalue weighted by Gasteiger charge is 2.06. The minimum atomic E-state index is -0.533. The maximum atomic E-state index is 9.85. The van der Waals surface area contributed by atoms with E-state index in [0.29, 0.717) is 26.4 Å². The number of ether oxygens (including phenoxy) is 2. The number of nitrogens with one attached hydrogen (secondary N) is 1. The summed E-state index contributed by atoms with van der Waals surface area (Å²) in [5.74, 6) is 0. The first-order valence-corrected chi connectivity index (χ1v) is 8.26. The molecule has 2 N–H and O–H groups in total. The van der Waals surface area contributed by atoms with Crippen LogP contribution < -0.4 is 5.32 Å². The highest BCUT2D eigenvalue weighted by Crippen LogP contribution is 2.23. The van der Waals surface area contributed by atoms with Crippen LogP contribution in [0.15, 0.2) is 22.7 Å². The van der Waals surface area contributed by atoms with Gasteiger partial charge in [0.25, 0.3) is 0 Å². The summed E-state index contributed by atoms with van der Waals surface area (Å²) in [7, 11) is 0. The second-order valence-electron chi connectivity index (χ2n) is 5.06. The van der Waals surface area contributed by atoms with Crippen molar-refractivity contribution in [3.63, 3.8) is 0 Å². The molecule has 5 heteroatoms. The Morgan fingerprint density at radius 2 is 2.00 bits per heavy atom. The van der Waals surface area contributed by atoms with E-state index in [-0.39, 0.29) is 0 Å². The largest absolute Gasteiger partial charge is 0.389 e. The molecule has 0 amide bonds. The van der Waals surface area contributed by atoms with Gasteiger partial charge in [0.2, 0.25) is 0 Å². The third-order valence-electron chi connectivity index (χ3n) is 2.98. The number of aryl methyl sites for hydroxylation is 1. The summed E-state index contributed by atoms with van der Waals surface area (Å²) < 4.78 is 11.8. The molecule has 1 unspecified atom stereocenters. The fourth-order valence-corrected chi connectivity index (χ4v) is 2.37. The molecule has 1 atom stereocenters. The van der Waals surface area contributed by atoms with Gasteiger partial charge in [-0.05, 0) is 47.0 Å². The highest BCUT2D eigenvalue weighted by molar-refractivity contribution is 9.10. The van der Waals surface area contributed by atoms with Crippen molar-refractivity contribution in [3.05, 3.63) is 28.2 Å². The van der Waals surface area contributed by atoms with Crippen LogP contribution in [0.4, 0.5) is 5.69 Å². The number of unbranched alkanes of at least 4 members (excludes halogenated alkanes) is 1. The van der Waals surface area contributed by atoms with Crippen molar-refractivity contribution in [2.75, 3.05) is 38.3 Å². The molecule has 0 radical (unpaired) electrons. The second kappa shape index (κ2) is 11.0. The predicted molar refractivity (Wildman–Crippen MR) is 89.9 cm³/mol. The van der Waals surface area contributed by atoms with E-state index in [2.05, 4.69) is 28.2 Å². The maximum absolute atomic E-state index is 9.85. The number of benzene rings is 1. The Labute approximate surface area is 136 Å². The Morgan fingerprint density at radius 3 is 2.71 bits per heavy atom. The van der Waals surface area contributed by atoms with Gasteiger partial charge in [-0.2, -0.15) is 0 Å². The van der Waals surface area contributed by atoms with Crippen LogP contribution in [0.5, 0.6) is 0 Å². The van der Waals surface area contributed by atoms with Gasteiger partial charge in [-0.1, -0.05) is 19.4 Å². The third-order valence-corrected chi connectivity index (χ3v) is 3.63. The summed E-state index contributed by atoms with van der Waals surface area (Å²) in [6.07, 6.45) is 1.69. The summed E-state index contributed by atoms with van der Waals surface area (Å²) in [5.41, 5.74) is 2.17. The Hall–Kier alpha value is -0.620. The molecule has 0 saturated heterocycles. The smallest absolute Gasteiger partial charge is 0.0945 e. The lowest BCUT2D eigenvalue weighted by Crippen LogP contribution is -2.25. The zero-order chi connectivity index (χ0) is 15.5. The second-order valence-corrected chi connectivity index (χ2v) is 5.91. The summed E-state index contributed by atoms with van der Waals surface area (Å²) in [6.45, 7) is 6.84. The van der Waals surface area contributed by atoms with Crippen LogP contribution in [-0.4, -0.2) is 44.2 Å². The molecule has 1 aromatic rings. The van der Waals surface area contributed by atoms with E-state index >= 15 is 0 Å². The molecule has 120 valence electrons. The van der Waals surface area contributed by atoms with E-state index in [4.69, 9.17) is 9.47 Å². The van der Waals surface area contributed by atoms with Gasteiger partial charge in [0.1, 0.15) is 0 Å². The van der Waals surface area contributed by atoms with Crippen molar-refractivity contribution in [1.29, 1.82) is 0 Å². The van der Waals surface area contributed by atoms with E-state index in [1.54, 1.807) is 0 Å². The lowest BCUT2D eigenvalue weighted by Gasteiger charge is -2.14. The topological polar surface area (TPSA) is 50.7 Å². The standard InChI is InChI=1S/C16H26BrNO3/c1-3-4-7-20-8-9-21-12-14(19)11-18-16-6-5-13(2)10-15(16)17/h5-6,10,14,18-19H,3-4,7-9,11-12H2,1-2H3. The van der Waals surface area contributed by atoms with Crippen molar-refractivity contribution in [3.8, 4) is 0 Å². The summed E-state index contributed by atoms with van der Waals surface area (Å²) in [6, 6.07) is 6.07. The minimum Gasteiger partial charge on any atom is -0.389 e. The molecule has 0 aliphatic rings. The van der Waals surface area contributed by atoms with Crippen molar-refractivity contribution in [2.24, 2.45) is 0 Å². The third kappa shape index (κ3) is 8.41. The Bertz CT molecular complexity index is 401. The van der Waals surface area contributed by atoms with Gasteiger partial charge in [0, 0.05) is 23.3 Å². The number of hydrogen-bond donors (Lipinski definition) is 2. The molecular formula is C16H26BrNO3. The molecule has 1 aromatic carbocycles. The number of aliphatic hydroxyl groups excluding tert-OH is 1. The minimum absolute atomic E-state index is 0.313. The number of halogens is 1. The molecule has 0 aliphatic carbocycles. The van der Waals surface area contributed by atoms with Crippen molar-refractivity contribution in [2.45, 2.75) is 32.8 Å². The van der Waals surface area contributed by atoms with Crippen LogP contribution in [0.1, 0.15) is 25.3 Å². The molecule has 21 heavy (non-hydrogen) atoms. The molecule has 0 aromatic heterocycles. The molecule has 0 spiro atoms. The van der Waals surface area contributed by atoms with E-state index in [1.165, 1.54) is 5.56 Å². The number of anilines is 1. The van der Waals surface area contributed by atoms with E-state index in [0.717, 1.165) is 29.6 Å². The van der Waals surface area contributed by atoms with E-state index < -0.39 is 6.10 Å². The SMILES string of the molecule is CCCCOCCOCC(O)CNc1ccc(C)cc1Br. The van der Waals surface area contributed by atoms with Gasteiger partial charge >= 0.3 is 0 Å². The maximum Gasteiger partial charge on any atom is 0.0945 e. The first-order chi connectivity index (χ1) is 10.1. The van der Waals surface area contributed by atoms with Gasteiger partial charge in [-0.25, -0.2) is 0 Å². The zero-order valence-electron chi connectivity index (χ0n) is 12.9. The van der Waals surface area contributed by atoms with Crippen molar-refractivity contribution >= 4 is 21.6 Å². The molecule has 4 nitrogen and oxygen atoms in total. The average molecular weight is 360 g/mol. The van der Waals surface area contributed by atoms with Gasteiger partial charge in [-0.3, -0.25) is 0 Å². The van der Waals surface area contributed by atoms with Crippen molar-refractivity contribution < 1.29 is 14.6 Å².